The summed E-state index contributed by atoms with van der Waals surface area (Å²) in [5.74, 6) is 0.416. The van der Waals surface area contributed by atoms with Gasteiger partial charge in [0.15, 0.2) is 0 Å². The van der Waals surface area contributed by atoms with E-state index < -0.39 is 11.9 Å². The zero-order chi connectivity index (χ0) is 13.6. The second-order valence-electron chi connectivity index (χ2n) is 4.17. The van der Waals surface area contributed by atoms with E-state index in [0.717, 1.165) is 25.1 Å². The zero-order valence-corrected chi connectivity index (χ0v) is 10.2. The Hall–Kier alpha value is -1.37. The lowest BCUT2D eigenvalue weighted by Crippen LogP contribution is -2.14. The van der Waals surface area contributed by atoms with Gasteiger partial charge in [0.05, 0.1) is 0 Å². The van der Waals surface area contributed by atoms with Crippen LogP contribution in [0.3, 0.4) is 0 Å². The lowest BCUT2D eigenvalue weighted by Gasteiger charge is -2.10. The van der Waals surface area contributed by atoms with Crippen molar-refractivity contribution in [2.45, 2.75) is 25.9 Å². The molecule has 7 heteroatoms. The normalized spacial score (nSPS) is 13.4. The van der Waals surface area contributed by atoms with Gasteiger partial charge in [0, 0.05) is 12.7 Å². The molecule has 0 fully saturated rings. The third-order valence-electron chi connectivity index (χ3n) is 2.51. The average Bonchev–Trinajstić information content (AvgIpc) is 2.33. The average molecular weight is 262 g/mol. The maximum absolute atomic E-state index is 12.4. The molecule has 0 aliphatic heterocycles. The summed E-state index contributed by atoms with van der Waals surface area (Å²) in [6.45, 7) is 3.17. The summed E-state index contributed by atoms with van der Waals surface area (Å²) in [7, 11) is 0. The summed E-state index contributed by atoms with van der Waals surface area (Å²) in [5.41, 5.74) is 4.53. The summed E-state index contributed by atoms with van der Waals surface area (Å²) < 4.78 is 37.1. The van der Waals surface area contributed by atoms with Gasteiger partial charge in [-0.15, -0.1) is 0 Å². The van der Waals surface area contributed by atoms with Gasteiger partial charge in [-0.25, -0.2) is 9.97 Å². The Labute approximate surface area is 104 Å². The van der Waals surface area contributed by atoms with E-state index in [9.17, 15) is 13.2 Å². The monoisotopic (exact) mass is 262 g/mol. The largest absolute Gasteiger partial charge is 0.433 e. The highest BCUT2D eigenvalue weighted by atomic mass is 19.4. The van der Waals surface area contributed by atoms with Crippen LogP contribution < -0.4 is 11.1 Å². The van der Waals surface area contributed by atoms with Crippen LogP contribution in [0.1, 0.15) is 25.5 Å². The fourth-order valence-electron chi connectivity index (χ4n) is 1.37. The molecule has 0 spiro atoms. The summed E-state index contributed by atoms with van der Waals surface area (Å²) >= 11 is 0. The zero-order valence-electron chi connectivity index (χ0n) is 10.2. The van der Waals surface area contributed by atoms with Gasteiger partial charge in [-0.1, -0.05) is 6.92 Å². The van der Waals surface area contributed by atoms with Gasteiger partial charge in [-0.2, -0.15) is 13.2 Å². The third-order valence-corrected chi connectivity index (χ3v) is 2.51. The standard InChI is InChI=1S/C11H17F3N4/c1-8(7-15)3-2-5-16-10-17-6-4-9(18-10)11(12,13)14/h4,6,8H,2-3,5,7,15H2,1H3,(H,16,17,18). The number of hydrogen-bond acceptors (Lipinski definition) is 4. The number of hydrogen-bond donors (Lipinski definition) is 2. The van der Waals surface area contributed by atoms with Gasteiger partial charge in [0.25, 0.3) is 0 Å². The molecule has 0 saturated heterocycles. The van der Waals surface area contributed by atoms with Gasteiger partial charge in [0.2, 0.25) is 5.95 Å². The van der Waals surface area contributed by atoms with E-state index in [4.69, 9.17) is 5.73 Å². The maximum Gasteiger partial charge on any atom is 0.433 e. The molecule has 0 saturated carbocycles. The molecule has 0 aliphatic rings. The van der Waals surface area contributed by atoms with E-state index in [1.165, 1.54) is 0 Å². The molecule has 0 bridgehead atoms. The first kappa shape index (κ1) is 14.7. The smallest absolute Gasteiger partial charge is 0.354 e. The molecule has 1 aromatic rings. The Kier molecular flexibility index (Phi) is 5.33. The van der Waals surface area contributed by atoms with Crippen LogP contribution in [0, 0.1) is 5.92 Å². The topological polar surface area (TPSA) is 63.8 Å². The Morgan fingerprint density at radius 2 is 2.17 bits per heavy atom. The van der Waals surface area contributed by atoms with Crippen molar-refractivity contribution >= 4 is 5.95 Å². The molecule has 1 aromatic heterocycles. The van der Waals surface area contributed by atoms with Crippen molar-refractivity contribution in [3.8, 4) is 0 Å². The fourth-order valence-corrected chi connectivity index (χ4v) is 1.37. The predicted octanol–water partition coefficient (Wildman–Crippen LogP) is 2.28. The molecule has 102 valence electrons. The fraction of sp³-hybridized carbons (Fsp3) is 0.636. The molecule has 0 aromatic carbocycles. The van der Waals surface area contributed by atoms with Crippen LogP contribution in [0.2, 0.25) is 0 Å². The minimum atomic E-state index is -4.44. The summed E-state index contributed by atoms with van der Waals surface area (Å²) in [6.07, 6.45) is -1.60. The van der Waals surface area contributed by atoms with E-state index in [0.29, 0.717) is 19.0 Å². The van der Waals surface area contributed by atoms with Crippen LogP contribution in [0.15, 0.2) is 12.3 Å². The second kappa shape index (κ2) is 6.53. The molecule has 4 nitrogen and oxygen atoms in total. The summed E-state index contributed by atoms with van der Waals surface area (Å²) in [6, 6.07) is 0.849. The van der Waals surface area contributed by atoms with Crippen molar-refractivity contribution in [2.75, 3.05) is 18.4 Å². The number of alkyl halides is 3. The van der Waals surface area contributed by atoms with E-state index in [1.807, 2.05) is 6.92 Å². The van der Waals surface area contributed by atoms with Gasteiger partial charge in [0.1, 0.15) is 5.69 Å². The molecule has 18 heavy (non-hydrogen) atoms. The van der Waals surface area contributed by atoms with Crippen LogP contribution in [0.25, 0.3) is 0 Å². The van der Waals surface area contributed by atoms with Crippen molar-refractivity contribution in [3.05, 3.63) is 18.0 Å². The van der Waals surface area contributed by atoms with Crippen molar-refractivity contribution < 1.29 is 13.2 Å². The summed E-state index contributed by atoms with van der Waals surface area (Å²) in [5, 5.41) is 2.77. The highest BCUT2D eigenvalue weighted by Gasteiger charge is 2.32. The van der Waals surface area contributed by atoms with Crippen LogP contribution in [0.5, 0.6) is 0 Å². The second-order valence-corrected chi connectivity index (χ2v) is 4.17. The number of nitrogens with one attached hydrogen (secondary N) is 1. The third kappa shape index (κ3) is 4.87. The lowest BCUT2D eigenvalue weighted by molar-refractivity contribution is -0.141. The van der Waals surface area contributed by atoms with Gasteiger partial charge in [-0.05, 0) is 31.4 Å². The molecule has 0 radical (unpaired) electrons. The Morgan fingerprint density at radius 1 is 1.44 bits per heavy atom. The molecular weight excluding hydrogens is 245 g/mol. The van der Waals surface area contributed by atoms with E-state index in [-0.39, 0.29) is 5.95 Å². The Balaban J connectivity index is 2.43. The molecule has 1 unspecified atom stereocenters. The van der Waals surface area contributed by atoms with Crippen LogP contribution >= 0.6 is 0 Å². The Morgan fingerprint density at radius 3 is 2.78 bits per heavy atom. The number of aromatic nitrogens is 2. The minimum absolute atomic E-state index is 0.00484. The highest BCUT2D eigenvalue weighted by Crippen LogP contribution is 2.27. The van der Waals surface area contributed by atoms with Crippen molar-refractivity contribution in [2.24, 2.45) is 11.7 Å². The molecule has 3 N–H and O–H groups in total. The number of nitrogens with zero attached hydrogens (tertiary/aromatic N) is 2. The predicted molar refractivity (Wildman–Crippen MR) is 63.0 cm³/mol. The molecule has 1 atom stereocenters. The molecule has 0 amide bonds. The van der Waals surface area contributed by atoms with Gasteiger partial charge >= 0.3 is 6.18 Å². The van der Waals surface area contributed by atoms with E-state index >= 15 is 0 Å². The molecular formula is C11H17F3N4. The minimum Gasteiger partial charge on any atom is -0.354 e. The number of anilines is 1. The first-order chi connectivity index (χ1) is 8.43. The van der Waals surface area contributed by atoms with Crippen LogP contribution in [-0.2, 0) is 6.18 Å². The van der Waals surface area contributed by atoms with Crippen LogP contribution in [0.4, 0.5) is 19.1 Å². The van der Waals surface area contributed by atoms with Gasteiger partial charge < -0.3 is 11.1 Å². The Bertz CT molecular complexity index is 368. The summed E-state index contributed by atoms with van der Waals surface area (Å²) in [4.78, 5) is 7.15. The van der Waals surface area contributed by atoms with Crippen molar-refractivity contribution in [1.82, 2.24) is 9.97 Å². The number of nitrogens with two attached hydrogens (primary N) is 1. The SMILES string of the molecule is CC(CN)CCCNc1nccc(C(F)(F)F)n1. The number of halogens is 3. The van der Waals surface area contributed by atoms with Gasteiger partial charge in [-0.3, -0.25) is 0 Å². The quantitative estimate of drug-likeness (QED) is 0.772. The highest BCUT2D eigenvalue weighted by molar-refractivity contribution is 5.25. The lowest BCUT2D eigenvalue weighted by atomic mass is 10.1. The van der Waals surface area contributed by atoms with E-state index in [2.05, 4.69) is 15.3 Å². The first-order valence-electron chi connectivity index (χ1n) is 5.77. The van der Waals surface area contributed by atoms with Crippen LogP contribution in [-0.4, -0.2) is 23.1 Å². The maximum atomic E-state index is 12.4. The molecule has 0 aliphatic carbocycles. The van der Waals surface area contributed by atoms with Crippen molar-refractivity contribution in [3.63, 3.8) is 0 Å². The number of rotatable bonds is 6. The molecule has 1 heterocycles. The van der Waals surface area contributed by atoms with E-state index in [1.54, 1.807) is 0 Å². The molecule has 1 rings (SSSR count). The first-order valence-corrected chi connectivity index (χ1v) is 5.77. The van der Waals surface area contributed by atoms with Crippen molar-refractivity contribution in [1.29, 1.82) is 0 Å².